The molecule has 0 bridgehead atoms. The molecule has 4 nitrogen and oxygen atoms in total. The molecule has 1 aromatic heterocycles. The summed E-state index contributed by atoms with van der Waals surface area (Å²) in [5.41, 5.74) is 0. The molecule has 120 valence electrons. The second-order valence-electron chi connectivity index (χ2n) is 5.44. The Bertz CT molecular complexity index is 400. The maximum atomic E-state index is 11.4. The molecule has 0 aliphatic carbocycles. The topological polar surface area (TPSA) is 51.5 Å². The number of rotatable bonds is 11. The van der Waals surface area contributed by atoms with E-state index in [0.717, 1.165) is 12.2 Å². The smallest absolute Gasteiger partial charge is 0.373 e. The predicted octanol–water partition coefficient (Wildman–Crippen LogP) is 4.47. The molecule has 0 aliphatic rings. The average Bonchev–Trinajstić information content (AvgIpc) is 2.99. The van der Waals surface area contributed by atoms with E-state index in [1.165, 1.54) is 52.1 Å². The van der Waals surface area contributed by atoms with Crippen LogP contribution >= 0.6 is 0 Å². The quantitative estimate of drug-likeness (QED) is 0.483. The number of esters is 1. The first kappa shape index (κ1) is 17.8. The molecule has 1 rings (SSSR count). The van der Waals surface area contributed by atoms with Gasteiger partial charge < -0.3 is 14.5 Å². The molecule has 0 aromatic carbocycles. The van der Waals surface area contributed by atoms with E-state index in [2.05, 4.69) is 17.0 Å². The molecule has 1 aromatic rings. The van der Waals surface area contributed by atoms with Gasteiger partial charge in [0.1, 0.15) is 5.76 Å². The summed E-state index contributed by atoms with van der Waals surface area (Å²) in [5.74, 6) is 0.656. The summed E-state index contributed by atoms with van der Waals surface area (Å²) in [7, 11) is 3.28. The Balaban J connectivity index is 2.31. The number of unbranched alkanes of at least 4 members (excludes halogenated alkanes) is 6. The van der Waals surface area contributed by atoms with Crippen LogP contribution in [0.1, 0.15) is 80.6 Å². The summed E-state index contributed by atoms with van der Waals surface area (Å²) in [4.78, 5) is 11.4. The van der Waals surface area contributed by atoms with Gasteiger partial charge in [0.05, 0.1) is 13.2 Å². The minimum atomic E-state index is -0.424. The van der Waals surface area contributed by atoms with Crippen LogP contribution in [0.5, 0.6) is 0 Å². The van der Waals surface area contributed by atoms with E-state index in [1.807, 2.05) is 13.1 Å². The Morgan fingerprint density at radius 1 is 1.19 bits per heavy atom. The number of methoxy groups -OCH3 is 1. The zero-order chi connectivity index (χ0) is 15.5. The van der Waals surface area contributed by atoms with Gasteiger partial charge in [-0.1, -0.05) is 51.9 Å². The molecule has 0 amide bonds. The van der Waals surface area contributed by atoms with Gasteiger partial charge in [-0.2, -0.15) is 0 Å². The normalized spacial score (nSPS) is 12.3. The van der Waals surface area contributed by atoms with Gasteiger partial charge in [-0.15, -0.1) is 0 Å². The lowest BCUT2D eigenvalue weighted by Gasteiger charge is -2.13. The maximum Gasteiger partial charge on any atom is 0.373 e. The maximum absolute atomic E-state index is 11.4. The molecule has 1 heterocycles. The number of carbonyl (C=O) groups is 1. The van der Waals surface area contributed by atoms with Crippen LogP contribution in [0, 0.1) is 0 Å². The zero-order valence-corrected chi connectivity index (χ0v) is 13.6. The van der Waals surface area contributed by atoms with E-state index in [4.69, 9.17) is 4.42 Å². The largest absolute Gasteiger partial charge is 0.463 e. The van der Waals surface area contributed by atoms with E-state index < -0.39 is 5.97 Å². The number of ether oxygens (including phenoxy) is 1. The van der Waals surface area contributed by atoms with Gasteiger partial charge in [-0.3, -0.25) is 0 Å². The summed E-state index contributed by atoms with van der Waals surface area (Å²) in [6.07, 6.45) is 10.1. The number of nitrogens with one attached hydrogen (secondary N) is 1. The van der Waals surface area contributed by atoms with E-state index >= 15 is 0 Å². The second kappa shape index (κ2) is 10.4. The Hall–Kier alpha value is -1.29. The Morgan fingerprint density at radius 2 is 1.86 bits per heavy atom. The van der Waals surface area contributed by atoms with Gasteiger partial charge in [0.25, 0.3) is 0 Å². The summed E-state index contributed by atoms with van der Waals surface area (Å²) in [6.45, 7) is 2.24. The first-order chi connectivity index (χ1) is 10.2. The third-order valence-electron chi connectivity index (χ3n) is 3.80. The van der Waals surface area contributed by atoms with E-state index in [9.17, 15) is 4.79 Å². The molecule has 0 fully saturated rings. The number of furan rings is 1. The molecular formula is C17H29NO3. The van der Waals surface area contributed by atoms with Gasteiger partial charge in [-0.05, 0) is 25.6 Å². The van der Waals surface area contributed by atoms with Crippen LogP contribution in [0.4, 0.5) is 0 Å². The fourth-order valence-corrected chi connectivity index (χ4v) is 2.48. The van der Waals surface area contributed by atoms with Crippen LogP contribution in [0.25, 0.3) is 0 Å². The predicted molar refractivity (Wildman–Crippen MR) is 84.5 cm³/mol. The van der Waals surface area contributed by atoms with Crippen LogP contribution < -0.4 is 5.32 Å². The van der Waals surface area contributed by atoms with Crippen LogP contribution in [-0.4, -0.2) is 20.1 Å². The summed E-state index contributed by atoms with van der Waals surface area (Å²) < 4.78 is 10.2. The summed E-state index contributed by atoms with van der Waals surface area (Å²) >= 11 is 0. The van der Waals surface area contributed by atoms with Crippen molar-refractivity contribution in [3.8, 4) is 0 Å². The van der Waals surface area contributed by atoms with Gasteiger partial charge >= 0.3 is 5.97 Å². The van der Waals surface area contributed by atoms with Gasteiger partial charge in [-0.25, -0.2) is 4.79 Å². The first-order valence-electron chi connectivity index (χ1n) is 8.08. The van der Waals surface area contributed by atoms with Crippen molar-refractivity contribution in [2.45, 2.75) is 64.3 Å². The van der Waals surface area contributed by atoms with Crippen LogP contribution in [-0.2, 0) is 4.74 Å². The molecule has 4 heteroatoms. The minimum Gasteiger partial charge on any atom is -0.463 e. The van der Waals surface area contributed by atoms with Crippen molar-refractivity contribution in [3.63, 3.8) is 0 Å². The number of hydrogen-bond acceptors (Lipinski definition) is 4. The van der Waals surface area contributed by atoms with Crippen molar-refractivity contribution in [2.75, 3.05) is 14.2 Å². The first-order valence-corrected chi connectivity index (χ1v) is 8.08. The minimum absolute atomic E-state index is 0.166. The highest BCUT2D eigenvalue weighted by Gasteiger charge is 2.16. The lowest BCUT2D eigenvalue weighted by molar-refractivity contribution is 0.0562. The molecule has 1 atom stereocenters. The van der Waals surface area contributed by atoms with Crippen LogP contribution in [0.3, 0.4) is 0 Å². The van der Waals surface area contributed by atoms with Gasteiger partial charge in [0.2, 0.25) is 5.76 Å². The van der Waals surface area contributed by atoms with E-state index in [-0.39, 0.29) is 11.8 Å². The van der Waals surface area contributed by atoms with Crippen molar-refractivity contribution in [2.24, 2.45) is 0 Å². The van der Waals surface area contributed by atoms with Crippen molar-refractivity contribution in [3.05, 3.63) is 23.7 Å². The highest BCUT2D eigenvalue weighted by molar-refractivity contribution is 5.86. The van der Waals surface area contributed by atoms with Crippen LogP contribution in [0.2, 0.25) is 0 Å². The van der Waals surface area contributed by atoms with Gasteiger partial charge in [0.15, 0.2) is 0 Å². The molecule has 0 saturated carbocycles. The Kier molecular flexibility index (Phi) is 8.83. The molecule has 1 unspecified atom stereocenters. The van der Waals surface area contributed by atoms with E-state index in [0.29, 0.717) is 0 Å². The van der Waals surface area contributed by atoms with Crippen molar-refractivity contribution < 1.29 is 13.9 Å². The standard InChI is InChI=1S/C17H29NO3/c1-4-5-6-7-8-9-10-11-14(18-2)15-12-13-16(21-15)17(19)20-3/h12-14,18H,4-11H2,1-3H3. The lowest BCUT2D eigenvalue weighted by Crippen LogP contribution is -2.15. The molecule has 0 spiro atoms. The SMILES string of the molecule is CCCCCCCCCC(NC)c1ccc(C(=O)OC)o1. The average molecular weight is 295 g/mol. The van der Waals surface area contributed by atoms with Crippen molar-refractivity contribution in [1.82, 2.24) is 5.32 Å². The van der Waals surface area contributed by atoms with Gasteiger partial charge in [0, 0.05) is 0 Å². The summed E-state index contributed by atoms with van der Waals surface area (Å²) in [6, 6.07) is 3.70. The number of carbonyl (C=O) groups excluding carboxylic acids is 1. The molecule has 1 N–H and O–H groups in total. The molecule has 0 saturated heterocycles. The molecular weight excluding hydrogens is 266 g/mol. The summed E-state index contributed by atoms with van der Waals surface area (Å²) in [5, 5.41) is 3.25. The van der Waals surface area contributed by atoms with E-state index in [1.54, 1.807) is 6.07 Å². The molecule has 21 heavy (non-hydrogen) atoms. The Morgan fingerprint density at radius 3 is 2.48 bits per heavy atom. The monoisotopic (exact) mass is 295 g/mol. The molecule has 0 aliphatic heterocycles. The fraction of sp³-hybridized carbons (Fsp3) is 0.706. The lowest BCUT2D eigenvalue weighted by atomic mass is 10.0. The molecule has 0 radical (unpaired) electrons. The van der Waals surface area contributed by atoms with Crippen molar-refractivity contribution in [1.29, 1.82) is 0 Å². The third-order valence-corrected chi connectivity index (χ3v) is 3.80. The highest BCUT2D eigenvalue weighted by Crippen LogP contribution is 2.22. The fourth-order valence-electron chi connectivity index (χ4n) is 2.48. The number of hydrogen-bond donors (Lipinski definition) is 1. The zero-order valence-electron chi connectivity index (χ0n) is 13.6. The second-order valence-corrected chi connectivity index (χ2v) is 5.44. The third kappa shape index (κ3) is 6.34. The van der Waals surface area contributed by atoms with Crippen LogP contribution in [0.15, 0.2) is 16.5 Å². The Labute approximate surface area is 128 Å². The highest BCUT2D eigenvalue weighted by atomic mass is 16.5. The van der Waals surface area contributed by atoms with Crippen molar-refractivity contribution >= 4 is 5.97 Å².